The van der Waals surface area contributed by atoms with Crippen molar-refractivity contribution in [1.82, 2.24) is 0 Å². The summed E-state index contributed by atoms with van der Waals surface area (Å²) in [4.78, 5) is 0. The van der Waals surface area contributed by atoms with E-state index in [-0.39, 0.29) is 51.4 Å². The second-order valence-electron chi connectivity index (χ2n) is 0.374. The van der Waals surface area contributed by atoms with E-state index in [1.165, 1.54) is 6.21 Å². The van der Waals surface area contributed by atoms with E-state index >= 15 is 0 Å². The van der Waals surface area contributed by atoms with Crippen molar-refractivity contribution < 1.29 is 5.21 Å². The van der Waals surface area contributed by atoms with Gasteiger partial charge in [-0.2, -0.15) is 0 Å². The van der Waals surface area contributed by atoms with Crippen LogP contribution in [0.2, 0.25) is 0 Å². The predicted octanol–water partition coefficient (Wildman–Crippen LogP) is -0.182. The van der Waals surface area contributed by atoms with Gasteiger partial charge in [-0.3, -0.25) is 0 Å². The van der Waals surface area contributed by atoms with Crippen LogP contribution in [0.1, 0.15) is 6.92 Å². The molecule has 0 aliphatic rings. The summed E-state index contributed by atoms with van der Waals surface area (Å²) in [6.07, 6.45) is 1.31. The molecule has 0 rings (SSSR count). The van der Waals surface area contributed by atoms with Crippen LogP contribution in [-0.2, 0) is 0 Å². The molecule has 0 aromatic carbocycles. The molecule has 0 aromatic rings. The average Bonchev–Trinajstić information content (AvgIpc) is 1.37. The fraction of sp³-hybridized carbons (Fsp3) is 0.500. The molecule has 0 aliphatic heterocycles. The van der Waals surface area contributed by atoms with Crippen LogP contribution in [0.25, 0.3) is 0 Å². The molecule has 0 bridgehead atoms. The molecule has 0 radical (unpaired) electrons. The molecule has 0 aliphatic carbocycles. The van der Waals surface area contributed by atoms with Gasteiger partial charge in [-0.15, -0.1) is 5.16 Å². The Bertz CT molecular complexity index is 24.8. The van der Waals surface area contributed by atoms with Crippen LogP contribution in [-0.4, -0.2) is 62.8 Å². The van der Waals surface area contributed by atoms with Crippen LogP contribution in [0.15, 0.2) is 5.16 Å². The third-order valence-corrected chi connectivity index (χ3v) is 0.115. The molecule has 0 spiro atoms. The van der Waals surface area contributed by atoms with Crippen molar-refractivity contribution in [2.75, 3.05) is 0 Å². The Hall–Kier alpha value is 1.11. The van der Waals surface area contributed by atoms with Crippen molar-refractivity contribution in [2.24, 2.45) is 5.16 Å². The summed E-state index contributed by atoms with van der Waals surface area (Å²) in [6, 6.07) is 0. The molecule has 5 heavy (non-hydrogen) atoms. The molecule has 0 saturated heterocycles. The quantitative estimate of drug-likeness (QED) is 0.194. The zero-order valence-corrected chi connectivity index (χ0v) is 2.47. The van der Waals surface area contributed by atoms with E-state index in [2.05, 4.69) is 5.16 Å². The van der Waals surface area contributed by atoms with Gasteiger partial charge in [0.1, 0.15) is 0 Å². The van der Waals surface area contributed by atoms with Crippen LogP contribution in [0.4, 0.5) is 0 Å². The SMILES string of the molecule is C/C=N/O.[KH]. The first-order chi connectivity index (χ1) is 1.91. The first-order valence-corrected chi connectivity index (χ1v) is 1.04. The topological polar surface area (TPSA) is 32.6 Å². The predicted molar refractivity (Wildman–Crippen MR) is 23.1 cm³/mol. The number of hydrogen-bond acceptors (Lipinski definition) is 2. The molecule has 0 atom stereocenters. The summed E-state index contributed by atoms with van der Waals surface area (Å²) in [7, 11) is 0. The molecule has 2 nitrogen and oxygen atoms in total. The van der Waals surface area contributed by atoms with Crippen molar-refractivity contribution in [3.63, 3.8) is 0 Å². The van der Waals surface area contributed by atoms with E-state index in [4.69, 9.17) is 5.21 Å². The summed E-state index contributed by atoms with van der Waals surface area (Å²) in [5, 5.41) is 10.1. The Balaban J connectivity index is 0. The van der Waals surface area contributed by atoms with Gasteiger partial charge in [-0.05, 0) is 6.92 Å². The van der Waals surface area contributed by atoms with E-state index < -0.39 is 0 Å². The van der Waals surface area contributed by atoms with Crippen LogP contribution in [0.3, 0.4) is 0 Å². The minimum atomic E-state index is 0. The van der Waals surface area contributed by atoms with E-state index in [1.54, 1.807) is 6.92 Å². The van der Waals surface area contributed by atoms with E-state index in [9.17, 15) is 0 Å². The zero-order valence-electron chi connectivity index (χ0n) is 2.47. The average molecular weight is 99.2 g/mol. The summed E-state index contributed by atoms with van der Waals surface area (Å²) in [5.74, 6) is 0. The third-order valence-electron chi connectivity index (χ3n) is 0.115. The van der Waals surface area contributed by atoms with Gasteiger partial charge in [0, 0.05) is 6.21 Å². The first kappa shape index (κ1) is 9.44. The van der Waals surface area contributed by atoms with E-state index in [1.807, 2.05) is 0 Å². The van der Waals surface area contributed by atoms with Crippen LogP contribution < -0.4 is 0 Å². The Morgan fingerprint density at radius 2 is 2.00 bits per heavy atom. The van der Waals surface area contributed by atoms with Crippen molar-refractivity contribution in [1.29, 1.82) is 0 Å². The van der Waals surface area contributed by atoms with Crippen molar-refractivity contribution in [2.45, 2.75) is 6.92 Å². The first-order valence-electron chi connectivity index (χ1n) is 1.04. The van der Waals surface area contributed by atoms with Crippen LogP contribution in [0.5, 0.6) is 0 Å². The minimum absolute atomic E-state index is 0. The van der Waals surface area contributed by atoms with Gasteiger partial charge in [0.25, 0.3) is 0 Å². The van der Waals surface area contributed by atoms with Crippen LogP contribution in [0, 0.1) is 0 Å². The Labute approximate surface area is 73.7 Å². The maximum atomic E-state index is 7.44. The van der Waals surface area contributed by atoms with Gasteiger partial charge >= 0.3 is 51.4 Å². The normalized spacial score (nSPS) is 7.40. The number of nitrogens with zero attached hydrogens (tertiary/aromatic N) is 1. The fourth-order valence-electron chi connectivity index (χ4n) is 0. The van der Waals surface area contributed by atoms with Gasteiger partial charge in [-0.25, -0.2) is 0 Å². The Morgan fingerprint density at radius 3 is 2.00 bits per heavy atom. The number of rotatable bonds is 0. The molecule has 0 aromatic heterocycles. The third kappa shape index (κ3) is 11.1. The molecule has 0 saturated carbocycles. The molecule has 0 amide bonds. The maximum absolute atomic E-state index is 7.44. The van der Waals surface area contributed by atoms with E-state index in [0.29, 0.717) is 0 Å². The second kappa shape index (κ2) is 8.92. The molecular formula is C2H6KNO. The summed E-state index contributed by atoms with van der Waals surface area (Å²) in [5.41, 5.74) is 0. The van der Waals surface area contributed by atoms with Gasteiger partial charge in [0.2, 0.25) is 0 Å². The molecular weight excluding hydrogens is 93.1 g/mol. The van der Waals surface area contributed by atoms with Crippen LogP contribution >= 0.6 is 0 Å². The molecule has 0 heterocycles. The van der Waals surface area contributed by atoms with Gasteiger partial charge in [0.15, 0.2) is 0 Å². The van der Waals surface area contributed by atoms with Gasteiger partial charge in [-0.1, -0.05) is 0 Å². The summed E-state index contributed by atoms with van der Waals surface area (Å²) >= 11 is 0. The summed E-state index contributed by atoms with van der Waals surface area (Å²) < 4.78 is 0. The fourth-order valence-corrected chi connectivity index (χ4v) is 0. The molecule has 3 heteroatoms. The van der Waals surface area contributed by atoms with Crippen molar-refractivity contribution in [3.05, 3.63) is 0 Å². The zero-order chi connectivity index (χ0) is 3.41. The van der Waals surface area contributed by atoms with Gasteiger partial charge < -0.3 is 5.21 Å². The standard InChI is InChI=1S/C2H5NO.K.H/c1-2-3-4;;/h2,4H,1H3;;/b3-2+;;. The van der Waals surface area contributed by atoms with Crippen molar-refractivity contribution >= 4 is 57.6 Å². The molecule has 0 unspecified atom stereocenters. The Kier molecular flexibility index (Phi) is 16.9. The number of hydrogen-bond donors (Lipinski definition) is 1. The number of oxime groups is 1. The second-order valence-corrected chi connectivity index (χ2v) is 0.374. The van der Waals surface area contributed by atoms with Crippen molar-refractivity contribution in [3.8, 4) is 0 Å². The van der Waals surface area contributed by atoms with E-state index in [0.717, 1.165) is 0 Å². The monoisotopic (exact) mass is 99.0 g/mol. The molecule has 0 fully saturated rings. The summed E-state index contributed by atoms with van der Waals surface area (Å²) in [6.45, 7) is 1.64. The Morgan fingerprint density at radius 1 is 1.80 bits per heavy atom. The molecule has 1 N–H and O–H groups in total. The van der Waals surface area contributed by atoms with Gasteiger partial charge in [0.05, 0.1) is 0 Å². The molecule has 26 valence electrons.